The number of nitro groups is 1. The van der Waals surface area contributed by atoms with E-state index in [0.717, 1.165) is 38.2 Å². The number of benzene rings is 3. The van der Waals surface area contributed by atoms with Gasteiger partial charge in [0.1, 0.15) is 5.57 Å². The molecule has 0 aliphatic carbocycles. The maximum atomic E-state index is 13.5. The Morgan fingerprint density at radius 1 is 0.921 bits per heavy atom. The number of hydrogen-bond acceptors (Lipinski definition) is 5. The lowest BCUT2D eigenvalue weighted by Gasteiger charge is -2.27. The second-order valence-electron chi connectivity index (χ2n) is 9.33. The predicted octanol–water partition coefficient (Wildman–Crippen LogP) is 5.19. The number of aryl methyl sites for hydroxylation is 2. The van der Waals surface area contributed by atoms with Gasteiger partial charge in [-0.15, -0.1) is 0 Å². The average molecular weight is 509 g/mol. The van der Waals surface area contributed by atoms with Crippen LogP contribution in [0.2, 0.25) is 0 Å². The van der Waals surface area contributed by atoms with E-state index in [1.807, 2.05) is 55.7 Å². The highest BCUT2D eigenvalue weighted by Gasteiger charge is 2.37. The molecule has 4 amide bonds. The zero-order chi connectivity index (χ0) is 27.1. The Bertz CT molecular complexity index is 1660. The summed E-state index contributed by atoms with van der Waals surface area (Å²) in [6.07, 6.45) is 1.53. The molecule has 2 heterocycles. The number of nitrogens with one attached hydrogen (secondary N) is 1. The summed E-state index contributed by atoms with van der Waals surface area (Å²) in [5.74, 6) is -1.46. The van der Waals surface area contributed by atoms with Crippen LogP contribution in [0.4, 0.5) is 16.2 Å². The van der Waals surface area contributed by atoms with Crippen molar-refractivity contribution in [2.24, 2.45) is 0 Å². The van der Waals surface area contributed by atoms with Crippen LogP contribution < -0.4 is 10.2 Å². The number of urea groups is 1. The number of nitrogens with zero attached hydrogens (tertiary/aromatic N) is 3. The maximum absolute atomic E-state index is 13.5. The third kappa shape index (κ3) is 4.34. The third-order valence-electron chi connectivity index (χ3n) is 6.62. The van der Waals surface area contributed by atoms with Crippen molar-refractivity contribution in [1.29, 1.82) is 0 Å². The Kier molecular flexibility index (Phi) is 6.12. The largest absolute Gasteiger partial charge is 0.340 e. The summed E-state index contributed by atoms with van der Waals surface area (Å²) in [5, 5.41) is 14.1. The number of nitro benzene ring substituents is 1. The summed E-state index contributed by atoms with van der Waals surface area (Å²) < 4.78 is 2.03. The SMILES string of the molecule is Cc1cc(C)cc(N2C(=O)NC(=O)/C(=C\c3c(C)n(Cc4ccc([N+](=O)[O-])cc4)c4ccccc34)C2=O)c1. The molecule has 9 heteroatoms. The smallest absolute Gasteiger partial charge is 0.335 e. The molecule has 1 N–H and O–H groups in total. The number of rotatable bonds is 5. The van der Waals surface area contributed by atoms with Gasteiger partial charge in [0.2, 0.25) is 0 Å². The van der Waals surface area contributed by atoms with Crippen molar-refractivity contribution >= 4 is 46.2 Å². The van der Waals surface area contributed by atoms with Crippen LogP contribution in [0.5, 0.6) is 0 Å². The number of non-ortho nitro benzene ring substituents is 1. The molecule has 38 heavy (non-hydrogen) atoms. The number of aromatic nitrogens is 1. The second-order valence-corrected chi connectivity index (χ2v) is 9.33. The highest BCUT2D eigenvalue weighted by molar-refractivity contribution is 6.39. The van der Waals surface area contributed by atoms with Gasteiger partial charge in [0.25, 0.3) is 17.5 Å². The van der Waals surface area contributed by atoms with Crippen LogP contribution in [0, 0.1) is 30.9 Å². The fourth-order valence-corrected chi connectivity index (χ4v) is 4.87. The van der Waals surface area contributed by atoms with Gasteiger partial charge in [-0.05, 0) is 61.7 Å². The number of para-hydroxylation sites is 1. The van der Waals surface area contributed by atoms with Gasteiger partial charge in [0.05, 0.1) is 10.6 Å². The number of amides is 4. The first kappa shape index (κ1) is 24.6. The fourth-order valence-electron chi connectivity index (χ4n) is 4.87. The second kappa shape index (κ2) is 9.44. The van der Waals surface area contributed by atoms with Gasteiger partial charge < -0.3 is 4.57 Å². The molecule has 0 bridgehead atoms. The van der Waals surface area contributed by atoms with E-state index in [1.54, 1.807) is 24.3 Å². The van der Waals surface area contributed by atoms with Crippen LogP contribution in [0.25, 0.3) is 17.0 Å². The average Bonchev–Trinajstić information content (AvgIpc) is 3.12. The lowest BCUT2D eigenvalue weighted by Crippen LogP contribution is -2.54. The summed E-state index contributed by atoms with van der Waals surface area (Å²) >= 11 is 0. The van der Waals surface area contributed by atoms with Crippen molar-refractivity contribution in [1.82, 2.24) is 9.88 Å². The zero-order valence-corrected chi connectivity index (χ0v) is 21.0. The first-order chi connectivity index (χ1) is 18.1. The Morgan fingerprint density at radius 2 is 1.58 bits per heavy atom. The summed E-state index contributed by atoms with van der Waals surface area (Å²) in [5.41, 5.74) is 5.23. The van der Waals surface area contributed by atoms with Crippen LogP contribution in [0.3, 0.4) is 0 Å². The monoisotopic (exact) mass is 508 g/mol. The number of barbiturate groups is 1. The number of imide groups is 2. The number of hydrogen-bond donors (Lipinski definition) is 1. The van der Waals surface area contributed by atoms with Crippen LogP contribution in [-0.2, 0) is 16.1 Å². The minimum atomic E-state index is -0.792. The maximum Gasteiger partial charge on any atom is 0.335 e. The minimum absolute atomic E-state index is 0.0120. The molecule has 3 aromatic carbocycles. The first-order valence-electron chi connectivity index (χ1n) is 11.9. The summed E-state index contributed by atoms with van der Waals surface area (Å²) in [7, 11) is 0. The third-order valence-corrected chi connectivity index (χ3v) is 6.62. The molecule has 4 aromatic rings. The Hall–Kier alpha value is -5.05. The molecule has 0 saturated carbocycles. The Morgan fingerprint density at radius 3 is 2.24 bits per heavy atom. The van der Waals surface area contributed by atoms with Crippen molar-refractivity contribution in [3.8, 4) is 0 Å². The molecular formula is C29H24N4O5. The van der Waals surface area contributed by atoms with Gasteiger partial charge in [-0.2, -0.15) is 0 Å². The molecule has 1 aliphatic heterocycles. The molecule has 5 rings (SSSR count). The van der Waals surface area contributed by atoms with E-state index in [1.165, 1.54) is 18.2 Å². The molecule has 1 saturated heterocycles. The quantitative estimate of drug-likeness (QED) is 0.172. The molecule has 0 unspecified atom stereocenters. The van der Waals surface area contributed by atoms with Crippen LogP contribution in [-0.4, -0.2) is 27.3 Å². The molecule has 0 radical (unpaired) electrons. The van der Waals surface area contributed by atoms with E-state index in [2.05, 4.69) is 5.32 Å². The number of carbonyl (C=O) groups is 3. The normalized spacial score (nSPS) is 14.9. The highest BCUT2D eigenvalue weighted by atomic mass is 16.6. The lowest BCUT2D eigenvalue weighted by atomic mass is 10.0. The number of carbonyl (C=O) groups excluding carboxylic acids is 3. The molecule has 1 fully saturated rings. The molecular weight excluding hydrogens is 484 g/mol. The Labute approximate surface area is 218 Å². The fraction of sp³-hybridized carbons (Fsp3) is 0.138. The van der Waals surface area contributed by atoms with Gasteiger partial charge in [-0.1, -0.05) is 36.4 Å². The number of anilines is 1. The van der Waals surface area contributed by atoms with Gasteiger partial charge >= 0.3 is 6.03 Å². The highest BCUT2D eigenvalue weighted by Crippen LogP contribution is 2.31. The van der Waals surface area contributed by atoms with Crippen molar-refractivity contribution in [2.75, 3.05) is 4.90 Å². The molecule has 1 aromatic heterocycles. The summed E-state index contributed by atoms with van der Waals surface area (Å²) in [4.78, 5) is 50.6. The van der Waals surface area contributed by atoms with Gasteiger partial charge in [0, 0.05) is 40.8 Å². The first-order valence-corrected chi connectivity index (χ1v) is 11.9. The summed E-state index contributed by atoms with van der Waals surface area (Å²) in [6, 6.07) is 18.5. The topological polar surface area (TPSA) is 115 Å². The van der Waals surface area contributed by atoms with E-state index in [9.17, 15) is 24.5 Å². The van der Waals surface area contributed by atoms with Crippen LogP contribution >= 0.6 is 0 Å². The Balaban J connectivity index is 1.59. The molecule has 0 atom stereocenters. The molecule has 190 valence electrons. The van der Waals surface area contributed by atoms with Crippen LogP contribution in [0.1, 0.15) is 27.9 Å². The molecule has 0 spiro atoms. The zero-order valence-electron chi connectivity index (χ0n) is 21.0. The van der Waals surface area contributed by atoms with E-state index < -0.39 is 22.8 Å². The number of fused-ring (bicyclic) bond motifs is 1. The van der Waals surface area contributed by atoms with Gasteiger partial charge in [-0.3, -0.25) is 25.0 Å². The van der Waals surface area contributed by atoms with E-state index in [-0.39, 0.29) is 11.3 Å². The van der Waals surface area contributed by atoms with Gasteiger partial charge in [0.15, 0.2) is 0 Å². The lowest BCUT2D eigenvalue weighted by molar-refractivity contribution is -0.384. The van der Waals surface area contributed by atoms with Crippen LogP contribution in [0.15, 0.2) is 72.3 Å². The van der Waals surface area contributed by atoms with Crippen molar-refractivity contribution in [3.05, 3.63) is 110 Å². The van der Waals surface area contributed by atoms with E-state index in [0.29, 0.717) is 17.8 Å². The predicted molar refractivity (Wildman–Crippen MR) is 144 cm³/mol. The standard InChI is InChI=1S/C29H24N4O5/c1-17-12-18(2)14-22(13-17)32-28(35)25(27(34)30-29(32)36)15-24-19(3)31(26-7-5-4-6-23(24)26)16-20-8-10-21(11-9-20)33(37)38/h4-15H,16H2,1-3H3,(H,30,34,36)/b25-15+. The molecule has 1 aliphatic rings. The van der Waals surface area contributed by atoms with E-state index in [4.69, 9.17) is 0 Å². The minimum Gasteiger partial charge on any atom is -0.340 e. The molecule has 9 nitrogen and oxygen atoms in total. The summed E-state index contributed by atoms with van der Waals surface area (Å²) in [6.45, 7) is 6.05. The van der Waals surface area contributed by atoms with Crippen molar-refractivity contribution < 1.29 is 19.3 Å². The van der Waals surface area contributed by atoms with Crippen molar-refractivity contribution in [2.45, 2.75) is 27.3 Å². The van der Waals surface area contributed by atoms with Crippen molar-refractivity contribution in [3.63, 3.8) is 0 Å². The van der Waals surface area contributed by atoms with E-state index >= 15 is 0 Å². The van der Waals surface area contributed by atoms with Gasteiger partial charge in [-0.25, -0.2) is 9.69 Å².